The lowest BCUT2D eigenvalue weighted by atomic mass is 9.93. The van der Waals surface area contributed by atoms with Crippen molar-refractivity contribution in [1.82, 2.24) is 15.1 Å². The number of carbonyl (C=O) groups is 2. The molecule has 2 heterocycles. The number of nitrogens with zero attached hydrogens (tertiary/aromatic N) is 3. The number of rotatable bonds is 5. The van der Waals surface area contributed by atoms with Gasteiger partial charge in [-0.3, -0.25) is 15.4 Å². The van der Waals surface area contributed by atoms with Gasteiger partial charge in [-0.1, -0.05) is 43.8 Å². The first-order chi connectivity index (χ1) is 15.7. The van der Waals surface area contributed by atoms with Gasteiger partial charge in [0.1, 0.15) is 5.76 Å². The standard InChI is InChI=1S/C23H25N7O3/c1-23(2,3)18-12-19(30-33-18)28-22(32)27-17-6-4-5-15(11-17)7-8-16-13-25-21(26-14-16)29-20(31)9-10-24/h4-6,11-14H,9-10,24H2,1-3H3,(H,25,26,29,31)(H2,27,28,30,32). The van der Waals surface area contributed by atoms with Crippen molar-refractivity contribution < 1.29 is 14.1 Å². The molecule has 170 valence electrons. The van der Waals surface area contributed by atoms with E-state index in [0.29, 0.717) is 28.4 Å². The Labute approximate surface area is 191 Å². The number of urea groups is 1. The van der Waals surface area contributed by atoms with Crippen LogP contribution < -0.4 is 21.7 Å². The lowest BCUT2D eigenvalue weighted by molar-refractivity contribution is -0.116. The Morgan fingerprint density at radius 2 is 1.76 bits per heavy atom. The van der Waals surface area contributed by atoms with Gasteiger partial charge in [-0.2, -0.15) is 0 Å². The van der Waals surface area contributed by atoms with E-state index in [1.54, 1.807) is 24.3 Å². The Morgan fingerprint density at radius 1 is 1.03 bits per heavy atom. The molecule has 0 spiro atoms. The van der Waals surface area contributed by atoms with Gasteiger partial charge in [-0.05, 0) is 18.2 Å². The van der Waals surface area contributed by atoms with Gasteiger partial charge in [-0.25, -0.2) is 14.8 Å². The smallest absolute Gasteiger partial charge is 0.324 e. The highest BCUT2D eigenvalue weighted by Crippen LogP contribution is 2.24. The predicted molar refractivity (Wildman–Crippen MR) is 125 cm³/mol. The van der Waals surface area contributed by atoms with Gasteiger partial charge in [0.2, 0.25) is 11.9 Å². The quantitative estimate of drug-likeness (QED) is 0.439. The second-order valence-electron chi connectivity index (χ2n) is 8.12. The molecule has 10 heteroatoms. The molecule has 0 saturated heterocycles. The molecule has 3 amide bonds. The summed E-state index contributed by atoms with van der Waals surface area (Å²) in [6.07, 6.45) is 3.22. The van der Waals surface area contributed by atoms with Gasteiger partial charge in [0.05, 0.1) is 5.56 Å². The minimum absolute atomic E-state index is 0.193. The van der Waals surface area contributed by atoms with Crippen LogP contribution in [0, 0.1) is 11.8 Å². The molecule has 3 rings (SSSR count). The van der Waals surface area contributed by atoms with Crippen molar-refractivity contribution in [1.29, 1.82) is 0 Å². The summed E-state index contributed by atoms with van der Waals surface area (Å²) in [5.41, 5.74) is 6.95. The first kappa shape index (κ1) is 23.4. The fourth-order valence-electron chi connectivity index (χ4n) is 2.56. The van der Waals surface area contributed by atoms with Crippen LogP contribution in [0.2, 0.25) is 0 Å². The van der Waals surface area contributed by atoms with E-state index >= 15 is 0 Å². The summed E-state index contributed by atoms with van der Waals surface area (Å²) in [7, 11) is 0. The van der Waals surface area contributed by atoms with Gasteiger partial charge in [-0.15, -0.1) is 0 Å². The maximum atomic E-state index is 12.3. The van der Waals surface area contributed by atoms with Crippen molar-refractivity contribution >= 4 is 29.4 Å². The van der Waals surface area contributed by atoms with Gasteiger partial charge in [0.15, 0.2) is 5.82 Å². The van der Waals surface area contributed by atoms with Crippen molar-refractivity contribution in [2.24, 2.45) is 5.73 Å². The zero-order valence-corrected chi connectivity index (χ0v) is 18.6. The maximum absolute atomic E-state index is 12.3. The molecular formula is C23H25N7O3. The molecule has 0 fully saturated rings. The van der Waals surface area contributed by atoms with Crippen LogP contribution in [0.4, 0.5) is 22.2 Å². The summed E-state index contributed by atoms with van der Waals surface area (Å²) < 4.78 is 5.26. The highest BCUT2D eigenvalue weighted by atomic mass is 16.5. The largest absolute Gasteiger partial charge is 0.359 e. The SMILES string of the molecule is CC(C)(C)c1cc(NC(=O)Nc2cccc(C#Cc3cnc(NC(=O)CCN)nc3)c2)no1. The van der Waals surface area contributed by atoms with Crippen molar-refractivity contribution in [3.8, 4) is 11.8 Å². The predicted octanol–water partition coefficient (Wildman–Crippen LogP) is 3.09. The zero-order valence-electron chi connectivity index (χ0n) is 18.6. The lowest BCUT2D eigenvalue weighted by Gasteiger charge is -2.12. The lowest BCUT2D eigenvalue weighted by Crippen LogP contribution is -2.19. The maximum Gasteiger partial charge on any atom is 0.324 e. The van der Waals surface area contributed by atoms with Crippen LogP contribution in [0.3, 0.4) is 0 Å². The Hall–Kier alpha value is -4.23. The summed E-state index contributed by atoms with van der Waals surface area (Å²) in [5, 5.41) is 11.8. The van der Waals surface area contributed by atoms with Crippen LogP contribution in [-0.4, -0.2) is 33.6 Å². The average Bonchev–Trinajstić information content (AvgIpc) is 3.22. The fourth-order valence-corrected chi connectivity index (χ4v) is 2.56. The number of benzene rings is 1. The third kappa shape index (κ3) is 7.15. The van der Waals surface area contributed by atoms with Crippen molar-refractivity contribution in [3.63, 3.8) is 0 Å². The van der Waals surface area contributed by atoms with Gasteiger partial charge in [0, 0.05) is 48.1 Å². The van der Waals surface area contributed by atoms with Crippen LogP contribution in [0.15, 0.2) is 47.2 Å². The number of hydrogen-bond donors (Lipinski definition) is 4. The van der Waals surface area contributed by atoms with E-state index in [-0.39, 0.29) is 30.2 Å². The number of hydrogen-bond acceptors (Lipinski definition) is 7. The van der Waals surface area contributed by atoms with Crippen LogP contribution in [0.25, 0.3) is 0 Å². The summed E-state index contributed by atoms with van der Waals surface area (Å²) in [6.45, 7) is 6.23. The van der Waals surface area contributed by atoms with Crippen LogP contribution in [0.1, 0.15) is 44.1 Å². The fraction of sp³-hybridized carbons (Fsp3) is 0.261. The van der Waals surface area contributed by atoms with Crippen LogP contribution in [-0.2, 0) is 10.2 Å². The van der Waals surface area contributed by atoms with E-state index in [0.717, 1.165) is 0 Å². The molecule has 0 atom stereocenters. The molecule has 0 aliphatic rings. The van der Waals surface area contributed by atoms with E-state index in [1.807, 2.05) is 26.8 Å². The first-order valence-electron chi connectivity index (χ1n) is 10.2. The van der Waals surface area contributed by atoms with E-state index in [9.17, 15) is 9.59 Å². The number of aromatic nitrogens is 3. The Morgan fingerprint density at radius 3 is 2.42 bits per heavy atom. The molecule has 0 radical (unpaired) electrons. The van der Waals surface area contributed by atoms with E-state index < -0.39 is 6.03 Å². The Bertz CT molecular complexity index is 1180. The molecule has 33 heavy (non-hydrogen) atoms. The molecular weight excluding hydrogens is 422 g/mol. The highest BCUT2D eigenvalue weighted by molar-refractivity contribution is 5.99. The molecule has 10 nitrogen and oxygen atoms in total. The second kappa shape index (κ2) is 10.4. The Kier molecular flexibility index (Phi) is 7.38. The molecule has 0 saturated carbocycles. The van der Waals surface area contributed by atoms with Gasteiger partial charge < -0.3 is 15.6 Å². The molecule has 2 aromatic heterocycles. The molecule has 3 aromatic rings. The molecule has 0 aliphatic heterocycles. The molecule has 0 aliphatic carbocycles. The summed E-state index contributed by atoms with van der Waals surface area (Å²) in [4.78, 5) is 31.9. The average molecular weight is 447 g/mol. The van der Waals surface area contributed by atoms with Gasteiger partial charge in [0.25, 0.3) is 0 Å². The minimum atomic E-state index is -0.450. The first-order valence-corrected chi connectivity index (χ1v) is 10.2. The number of nitrogens with one attached hydrogen (secondary N) is 3. The number of carbonyl (C=O) groups excluding carboxylic acids is 2. The molecule has 0 unspecified atom stereocenters. The van der Waals surface area contributed by atoms with Crippen molar-refractivity contribution in [3.05, 3.63) is 59.6 Å². The van der Waals surface area contributed by atoms with Gasteiger partial charge >= 0.3 is 6.03 Å². The third-order valence-corrected chi connectivity index (χ3v) is 4.24. The number of anilines is 3. The third-order valence-electron chi connectivity index (χ3n) is 4.24. The van der Waals surface area contributed by atoms with E-state index in [2.05, 4.69) is 42.9 Å². The van der Waals surface area contributed by atoms with Crippen LogP contribution in [0.5, 0.6) is 0 Å². The second-order valence-corrected chi connectivity index (χ2v) is 8.12. The van der Waals surface area contributed by atoms with Crippen molar-refractivity contribution in [2.75, 3.05) is 22.5 Å². The molecule has 5 N–H and O–H groups in total. The molecule has 0 bridgehead atoms. The normalized spacial score (nSPS) is 10.7. The zero-order chi connectivity index (χ0) is 23.8. The summed E-state index contributed by atoms with van der Waals surface area (Å²) in [5.74, 6) is 6.88. The van der Waals surface area contributed by atoms with E-state index in [4.69, 9.17) is 10.3 Å². The Balaban J connectivity index is 1.60. The highest BCUT2D eigenvalue weighted by Gasteiger charge is 2.20. The van der Waals surface area contributed by atoms with E-state index in [1.165, 1.54) is 12.4 Å². The monoisotopic (exact) mass is 447 g/mol. The minimum Gasteiger partial charge on any atom is -0.359 e. The topological polar surface area (TPSA) is 148 Å². The van der Waals surface area contributed by atoms with Crippen LogP contribution >= 0.6 is 0 Å². The molecule has 1 aromatic carbocycles. The van der Waals surface area contributed by atoms with Crippen molar-refractivity contribution in [2.45, 2.75) is 32.6 Å². The number of amides is 3. The summed E-state index contributed by atoms with van der Waals surface area (Å²) >= 11 is 0. The summed E-state index contributed by atoms with van der Waals surface area (Å²) in [6, 6.07) is 8.31. The number of nitrogens with two attached hydrogens (primary N) is 1.